The van der Waals surface area contributed by atoms with Crippen LogP contribution in [0.15, 0.2) is 18.2 Å². The number of carbonyl (C=O) groups is 2. The summed E-state index contributed by atoms with van der Waals surface area (Å²) in [6, 6.07) is 3.24. The number of carboxylic acids is 1. The minimum Gasteiger partial charge on any atom is -0.481 e. The molecule has 0 saturated heterocycles. The van der Waals surface area contributed by atoms with E-state index >= 15 is 0 Å². The van der Waals surface area contributed by atoms with Crippen molar-refractivity contribution in [2.45, 2.75) is 51.4 Å². The summed E-state index contributed by atoms with van der Waals surface area (Å²) in [5, 5.41) is 12.2. The molecule has 0 radical (unpaired) electrons. The number of aliphatic carboxylic acids is 1. The van der Waals surface area contributed by atoms with Crippen LogP contribution < -0.4 is 5.32 Å². The number of nitrogens with one attached hydrogen (secondary N) is 1. The fourth-order valence-corrected chi connectivity index (χ4v) is 3.32. The number of benzene rings is 1. The van der Waals surface area contributed by atoms with Crippen molar-refractivity contribution in [2.24, 2.45) is 5.41 Å². The minimum absolute atomic E-state index is 0.00126. The minimum atomic E-state index is -1.03. The molecule has 1 aromatic rings. The van der Waals surface area contributed by atoms with E-state index in [-0.39, 0.29) is 18.0 Å². The zero-order valence-electron chi connectivity index (χ0n) is 14.0. The molecule has 6 heteroatoms. The molecule has 1 aliphatic rings. The summed E-state index contributed by atoms with van der Waals surface area (Å²) in [5.74, 6) is -2.76. The fraction of sp³-hybridized carbons (Fsp3) is 0.556. The van der Waals surface area contributed by atoms with Gasteiger partial charge in [0.2, 0.25) is 5.91 Å². The molecule has 0 aromatic heterocycles. The zero-order chi connectivity index (χ0) is 18.0. The number of hydrogen-bond donors (Lipinski definition) is 2. The normalized spacial score (nSPS) is 16.3. The highest BCUT2D eigenvalue weighted by Gasteiger charge is 2.48. The predicted molar refractivity (Wildman–Crippen MR) is 85.5 cm³/mol. The van der Waals surface area contributed by atoms with Gasteiger partial charge in [0.15, 0.2) is 0 Å². The van der Waals surface area contributed by atoms with E-state index in [9.17, 15) is 23.5 Å². The first-order valence-electron chi connectivity index (χ1n) is 8.28. The van der Waals surface area contributed by atoms with E-state index in [1.165, 1.54) is 6.07 Å². The fourth-order valence-electron chi connectivity index (χ4n) is 3.32. The van der Waals surface area contributed by atoms with Crippen LogP contribution in [-0.4, -0.2) is 23.5 Å². The first kappa shape index (κ1) is 18.4. The largest absolute Gasteiger partial charge is 0.481 e. The van der Waals surface area contributed by atoms with Gasteiger partial charge in [0.1, 0.15) is 11.6 Å². The van der Waals surface area contributed by atoms with E-state index in [1.807, 2.05) is 0 Å². The molecule has 1 aliphatic carbocycles. The third kappa shape index (κ3) is 3.01. The highest BCUT2D eigenvalue weighted by atomic mass is 19.1. The van der Waals surface area contributed by atoms with Crippen LogP contribution in [0.25, 0.3) is 0 Å². The second-order valence-electron chi connectivity index (χ2n) is 6.54. The topological polar surface area (TPSA) is 66.4 Å². The summed E-state index contributed by atoms with van der Waals surface area (Å²) in [6.07, 6.45) is 2.49. The van der Waals surface area contributed by atoms with Crippen molar-refractivity contribution in [1.82, 2.24) is 5.32 Å². The van der Waals surface area contributed by atoms with Crippen molar-refractivity contribution in [3.8, 4) is 0 Å². The highest BCUT2D eigenvalue weighted by Crippen LogP contribution is 2.45. The summed E-state index contributed by atoms with van der Waals surface area (Å²) < 4.78 is 27.3. The summed E-state index contributed by atoms with van der Waals surface area (Å²) in [7, 11) is 0. The van der Waals surface area contributed by atoms with Gasteiger partial charge in [-0.05, 0) is 31.7 Å². The van der Waals surface area contributed by atoms with Crippen LogP contribution in [0.2, 0.25) is 0 Å². The molecule has 2 N–H and O–H groups in total. The van der Waals surface area contributed by atoms with Gasteiger partial charge in [-0.15, -0.1) is 0 Å². The molecule has 0 aliphatic heterocycles. The van der Waals surface area contributed by atoms with E-state index < -0.39 is 28.4 Å². The molecule has 1 aromatic carbocycles. The van der Waals surface area contributed by atoms with E-state index in [4.69, 9.17) is 0 Å². The first-order valence-corrected chi connectivity index (χ1v) is 8.28. The van der Waals surface area contributed by atoms with E-state index in [0.29, 0.717) is 25.7 Å². The molecule has 0 unspecified atom stereocenters. The second kappa shape index (κ2) is 6.87. The van der Waals surface area contributed by atoms with Crippen molar-refractivity contribution >= 4 is 11.9 Å². The van der Waals surface area contributed by atoms with Crippen LogP contribution in [0.1, 0.15) is 51.5 Å². The lowest BCUT2D eigenvalue weighted by atomic mass is 9.63. The third-order valence-electron chi connectivity index (χ3n) is 5.48. The van der Waals surface area contributed by atoms with Gasteiger partial charge in [0, 0.05) is 18.2 Å². The van der Waals surface area contributed by atoms with Crippen molar-refractivity contribution < 1.29 is 23.5 Å². The number of amides is 1. The van der Waals surface area contributed by atoms with Crippen molar-refractivity contribution in [3.05, 3.63) is 35.4 Å². The number of hydrogen-bond acceptors (Lipinski definition) is 2. The summed E-state index contributed by atoms with van der Waals surface area (Å²) in [4.78, 5) is 24.3. The van der Waals surface area contributed by atoms with Gasteiger partial charge in [-0.1, -0.05) is 26.3 Å². The van der Waals surface area contributed by atoms with Crippen LogP contribution in [0.3, 0.4) is 0 Å². The quantitative estimate of drug-likeness (QED) is 0.800. The molecule has 4 nitrogen and oxygen atoms in total. The Labute approximate surface area is 140 Å². The van der Waals surface area contributed by atoms with Crippen LogP contribution in [-0.2, 0) is 15.0 Å². The SMILES string of the molecule is CCC(CC)(CNC(=O)C1(c2ccc(F)cc2F)CCC1)C(=O)O. The van der Waals surface area contributed by atoms with Gasteiger partial charge in [-0.3, -0.25) is 9.59 Å². The molecule has 24 heavy (non-hydrogen) atoms. The van der Waals surface area contributed by atoms with Gasteiger partial charge < -0.3 is 10.4 Å². The van der Waals surface area contributed by atoms with Gasteiger partial charge >= 0.3 is 5.97 Å². The molecule has 132 valence electrons. The van der Waals surface area contributed by atoms with Crippen LogP contribution in [0.5, 0.6) is 0 Å². The Morgan fingerprint density at radius 3 is 2.29 bits per heavy atom. The first-order chi connectivity index (χ1) is 11.3. The summed E-state index contributed by atoms with van der Waals surface area (Å²) in [6.45, 7) is 3.53. The number of carbonyl (C=O) groups excluding carboxylic acids is 1. The Balaban J connectivity index is 2.22. The molecule has 0 bridgehead atoms. The summed E-state index contributed by atoms with van der Waals surface area (Å²) in [5.41, 5.74) is -1.87. The maximum atomic E-state index is 14.1. The molecule has 0 atom stereocenters. The maximum Gasteiger partial charge on any atom is 0.311 e. The molecular weight excluding hydrogens is 316 g/mol. The molecule has 0 heterocycles. The molecule has 0 spiro atoms. The zero-order valence-corrected chi connectivity index (χ0v) is 14.0. The Hall–Kier alpha value is -1.98. The Morgan fingerprint density at radius 1 is 1.25 bits per heavy atom. The number of rotatable bonds is 7. The Morgan fingerprint density at radius 2 is 1.88 bits per heavy atom. The van der Waals surface area contributed by atoms with Gasteiger partial charge in [-0.25, -0.2) is 8.78 Å². The summed E-state index contributed by atoms with van der Waals surface area (Å²) >= 11 is 0. The van der Waals surface area contributed by atoms with Crippen molar-refractivity contribution in [2.75, 3.05) is 6.54 Å². The second-order valence-corrected chi connectivity index (χ2v) is 6.54. The number of carboxylic acid groups (broad SMARTS) is 1. The van der Waals surface area contributed by atoms with Crippen molar-refractivity contribution in [1.29, 1.82) is 0 Å². The van der Waals surface area contributed by atoms with Gasteiger partial charge in [0.05, 0.1) is 10.8 Å². The van der Waals surface area contributed by atoms with Crippen LogP contribution in [0, 0.1) is 17.0 Å². The van der Waals surface area contributed by atoms with Crippen LogP contribution in [0.4, 0.5) is 8.78 Å². The van der Waals surface area contributed by atoms with Gasteiger partial charge in [0.25, 0.3) is 0 Å². The third-order valence-corrected chi connectivity index (χ3v) is 5.48. The smallest absolute Gasteiger partial charge is 0.311 e. The van der Waals surface area contributed by atoms with E-state index in [1.54, 1.807) is 13.8 Å². The molecule has 1 fully saturated rings. The van der Waals surface area contributed by atoms with Gasteiger partial charge in [-0.2, -0.15) is 0 Å². The monoisotopic (exact) mass is 339 g/mol. The molecule has 2 rings (SSSR count). The maximum absolute atomic E-state index is 14.1. The lowest BCUT2D eigenvalue weighted by molar-refractivity contribution is -0.149. The number of halogens is 2. The Bertz CT molecular complexity index is 637. The highest BCUT2D eigenvalue weighted by molar-refractivity contribution is 5.90. The molecular formula is C18H23F2NO3. The average Bonchev–Trinajstić information content (AvgIpc) is 2.49. The average molecular weight is 339 g/mol. The molecule has 1 saturated carbocycles. The van der Waals surface area contributed by atoms with Crippen molar-refractivity contribution in [3.63, 3.8) is 0 Å². The molecule has 1 amide bonds. The lowest BCUT2D eigenvalue weighted by Crippen LogP contribution is -2.53. The lowest BCUT2D eigenvalue weighted by Gasteiger charge is -2.41. The Kier molecular flexibility index (Phi) is 5.26. The van der Waals surface area contributed by atoms with Crippen LogP contribution >= 0.6 is 0 Å². The standard InChI is InChI=1S/C18H23F2NO3/c1-3-17(4-2,16(23)24)11-21-15(22)18(8-5-9-18)13-7-6-12(19)10-14(13)20/h6-7,10H,3-5,8-9,11H2,1-2H3,(H,21,22)(H,23,24). The van der Waals surface area contributed by atoms with E-state index in [0.717, 1.165) is 18.6 Å². The predicted octanol–water partition coefficient (Wildman–Crippen LogP) is 3.39. The van der Waals surface area contributed by atoms with E-state index in [2.05, 4.69) is 5.32 Å².